The Morgan fingerprint density at radius 1 is 1.27 bits per heavy atom. The number of carbonyl (C=O) groups is 1. The van der Waals surface area contributed by atoms with Crippen LogP contribution in [0.4, 0.5) is 0 Å². The van der Waals surface area contributed by atoms with Crippen molar-refractivity contribution in [3.05, 3.63) is 41.2 Å². The minimum absolute atomic E-state index is 0.0529. The zero-order valence-electron chi connectivity index (χ0n) is 15.1. The molecule has 0 saturated carbocycles. The van der Waals surface area contributed by atoms with Crippen LogP contribution >= 0.6 is 0 Å². The molecule has 0 bridgehead atoms. The third kappa shape index (κ3) is 3.24. The Hall–Kier alpha value is -2.61. The minimum Gasteiger partial charge on any atom is -0.477 e. The molecule has 0 radical (unpaired) electrons. The van der Waals surface area contributed by atoms with E-state index in [9.17, 15) is 18.3 Å². The molecule has 0 saturated heterocycles. The van der Waals surface area contributed by atoms with E-state index in [2.05, 4.69) is 10.1 Å². The van der Waals surface area contributed by atoms with Crippen LogP contribution in [0.1, 0.15) is 41.5 Å². The second kappa shape index (κ2) is 6.28. The molecule has 2 N–H and O–H groups in total. The van der Waals surface area contributed by atoms with E-state index in [1.54, 1.807) is 28.9 Å². The van der Waals surface area contributed by atoms with Gasteiger partial charge in [-0.05, 0) is 17.0 Å². The van der Waals surface area contributed by atoms with Crippen LogP contribution in [0, 0.1) is 0 Å². The number of nitrogens with zero attached hydrogens (tertiary/aromatic N) is 2. The summed E-state index contributed by atoms with van der Waals surface area (Å²) >= 11 is 0. The van der Waals surface area contributed by atoms with E-state index in [1.807, 2.05) is 20.9 Å². The number of aromatic carboxylic acids is 1. The van der Waals surface area contributed by atoms with E-state index in [4.69, 9.17) is 0 Å². The lowest BCUT2D eigenvalue weighted by molar-refractivity contribution is 0.0692. The summed E-state index contributed by atoms with van der Waals surface area (Å²) in [5, 5.41) is 14.1. The normalized spacial score (nSPS) is 12.2. The van der Waals surface area contributed by atoms with Crippen LogP contribution in [0.5, 0.6) is 0 Å². The van der Waals surface area contributed by atoms with E-state index < -0.39 is 15.8 Å². The Morgan fingerprint density at radius 3 is 2.38 bits per heavy atom. The van der Waals surface area contributed by atoms with Crippen molar-refractivity contribution in [2.24, 2.45) is 7.05 Å². The fraction of sp³-hybridized carbons (Fsp3) is 0.333. The van der Waals surface area contributed by atoms with Crippen molar-refractivity contribution in [2.75, 3.05) is 6.26 Å². The number of fused-ring (bicyclic) bond motifs is 1. The Bertz CT molecular complexity index is 1090. The summed E-state index contributed by atoms with van der Waals surface area (Å²) in [6, 6.07) is 6.87. The lowest BCUT2D eigenvalue weighted by Gasteiger charge is -2.06. The Labute approximate surface area is 151 Å². The average Bonchev–Trinajstić information content (AvgIpc) is 3.00. The molecule has 0 amide bonds. The summed E-state index contributed by atoms with van der Waals surface area (Å²) in [5.74, 6) is -0.936. The highest BCUT2D eigenvalue weighted by molar-refractivity contribution is 7.89. The minimum atomic E-state index is -3.13. The second-order valence-electron chi connectivity index (χ2n) is 6.83. The van der Waals surface area contributed by atoms with Gasteiger partial charge in [0, 0.05) is 18.9 Å². The van der Waals surface area contributed by atoms with Crippen molar-refractivity contribution < 1.29 is 18.3 Å². The van der Waals surface area contributed by atoms with Crippen LogP contribution in [0.25, 0.3) is 22.2 Å². The maximum atomic E-state index is 11.7. The third-order valence-corrected chi connectivity index (χ3v) is 5.12. The van der Waals surface area contributed by atoms with Crippen LogP contribution in [-0.4, -0.2) is 40.5 Å². The number of hydrogen-bond donors (Lipinski definition) is 2. The maximum absolute atomic E-state index is 11.7. The zero-order chi connectivity index (χ0) is 19.2. The number of rotatable bonds is 5. The van der Waals surface area contributed by atoms with E-state index in [0.29, 0.717) is 22.2 Å². The van der Waals surface area contributed by atoms with Gasteiger partial charge in [0.05, 0.1) is 17.0 Å². The van der Waals surface area contributed by atoms with E-state index in [1.165, 1.54) is 6.26 Å². The van der Waals surface area contributed by atoms with Crippen LogP contribution < -0.4 is 0 Å². The first-order valence-corrected chi connectivity index (χ1v) is 10.2. The van der Waals surface area contributed by atoms with E-state index in [0.717, 1.165) is 11.2 Å². The SMILES string of the molecule is CC(C)c1c2[nH]c(C(=O)O)c(-c3ccc(CS(C)(=O)=O)cc3)c2nn1C. The van der Waals surface area contributed by atoms with E-state index >= 15 is 0 Å². The van der Waals surface area contributed by atoms with Crippen LogP contribution in [0.3, 0.4) is 0 Å². The molecule has 3 rings (SSSR count). The topological polar surface area (TPSA) is 105 Å². The van der Waals surface area contributed by atoms with Gasteiger partial charge in [-0.1, -0.05) is 38.1 Å². The van der Waals surface area contributed by atoms with Gasteiger partial charge in [0.2, 0.25) is 0 Å². The van der Waals surface area contributed by atoms with Crippen molar-refractivity contribution >= 4 is 26.8 Å². The molecule has 26 heavy (non-hydrogen) atoms. The standard InChI is InChI=1S/C18H21N3O4S/c1-10(2)17-16-14(20-21(17)3)13(15(19-16)18(22)23)12-7-5-11(6-8-12)9-26(4,24)25/h5-8,10,19H,9H2,1-4H3,(H,22,23). The lowest BCUT2D eigenvalue weighted by atomic mass is 10.0. The zero-order valence-corrected chi connectivity index (χ0v) is 15.9. The molecule has 0 aliphatic carbocycles. The molecule has 0 aliphatic rings. The summed E-state index contributed by atoms with van der Waals surface area (Å²) < 4.78 is 24.6. The third-order valence-electron chi connectivity index (χ3n) is 4.26. The fourth-order valence-corrected chi connectivity index (χ4v) is 4.11. The van der Waals surface area contributed by atoms with Gasteiger partial charge in [0.1, 0.15) is 11.2 Å². The lowest BCUT2D eigenvalue weighted by Crippen LogP contribution is -2.04. The van der Waals surface area contributed by atoms with Gasteiger partial charge in [0.25, 0.3) is 0 Å². The first-order valence-electron chi connectivity index (χ1n) is 8.17. The molecule has 2 heterocycles. The van der Waals surface area contributed by atoms with Gasteiger partial charge in [-0.3, -0.25) is 4.68 Å². The van der Waals surface area contributed by atoms with Gasteiger partial charge in [-0.2, -0.15) is 5.10 Å². The highest BCUT2D eigenvalue weighted by Crippen LogP contribution is 2.35. The molecule has 7 nitrogen and oxygen atoms in total. The first-order chi connectivity index (χ1) is 12.1. The van der Waals surface area contributed by atoms with Gasteiger partial charge in [-0.25, -0.2) is 13.2 Å². The fourth-order valence-electron chi connectivity index (χ4n) is 3.32. The number of carboxylic acids is 1. The quantitative estimate of drug-likeness (QED) is 0.713. The molecule has 0 unspecified atom stereocenters. The maximum Gasteiger partial charge on any atom is 0.353 e. The molecule has 0 fully saturated rings. The number of nitrogens with one attached hydrogen (secondary N) is 1. The van der Waals surface area contributed by atoms with Crippen molar-refractivity contribution in [2.45, 2.75) is 25.5 Å². The molecular formula is C18H21N3O4S. The molecule has 2 aromatic heterocycles. The highest BCUT2D eigenvalue weighted by atomic mass is 32.2. The predicted molar refractivity (Wildman–Crippen MR) is 100 cm³/mol. The van der Waals surface area contributed by atoms with Crippen molar-refractivity contribution in [3.63, 3.8) is 0 Å². The van der Waals surface area contributed by atoms with E-state index in [-0.39, 0.29) is 17.4 Å². The smallest absolute Gasteiger partial charge is 0.353 e. The number of hydrogen-bond acceptors (Lipinski definition) is 4. The number of benzene rings is 1. The van der Waals surface area contributed by atoms with Crippen molar-refractivity contribution in [1.82, 2.24) is 14.8 Å². The second-order valence-corrected chi connectivity index (χ2v) is 8.97. The Balaban J connectivity index is 2.19. The van der Waals surface area contributed by atoms with Gasteiger partial charge < -0.3 is 10.1 Å². The average molecular weight is 375 g/mol. The van der Waals surface area contributed by atoms with Gasteiger partial charge in [0.15, 0.2) is 9.84 Å². The molecule has 0 aliphatic heterocycles. The number of H-pyrrole nitrogens is 1. The molecule has 1 aromatic carbocycles. The number of aromatic nitrogens is 3. The largest absolute Gasteiger partial charge is 0.477 e. The van der Waals surface area contributed by atoms with Crippen molar-refractivity contribution in [3.8, 4) is 11.1 Å². The molecule has 0 spiro atoms. The van der Waals surface area contributed by atoms with Crippen molar-refractivity contribution in [1.29, 1.82) is 0 Å². The summed E-state index contributed by atoms with van der Waals surface area (Å²) in [7, 11) is -1.29. The molecule has 0 atom stereocenters. The van der Waals surface area contributed by atoms with Crippen LogP contribution in [0.15, 0.2) is 24.3 Å². The van der Waals surface area contributed by atoms with Gasteiger partial charge in [-0.15, -0.1) is 0 Å². The molecule has 8 heteroatoms. The summed E-state index contributed by atoms with van der Waals surface area (Å²) in [4.78, 5) is 14.7. The number of aromatic amines is 1. The molecular weight excluding hydrogens is 354 g/mol. The molecule has 3 aromatic rings. The summed E-state index contributed by atoms with van der Waals surface area (Å²) in [6.45, 7) is 4.05. The number of sulfone groups is 1. The monoisotopic (exact) mass is 375 g/mol. The highest BCUT2D eigenvalue weighted by Gasteiger charge is 2.25. The Morgan fingerprint density at radius 2 is 1.88 bits per heavy atom. The summed E-state index contributed by atoms with van der Waals surface area (Å²) in [5.41, 5.74) is 4.19. The van der Waals surface area contributed by atoms with Gasteiger partial charge >= 0.3 is 5.97 Å². The predicted octanol–water partition coefficient (Wildman–Crippen LogP) is 2.93. The number of carboxylic acid groups (broad SMARTS) is 1. The molecule has 138 valence electrons. The first kappa shape index (κ1) is 18.2. The summed E-state index contributed by atoms with van der Waals surface area (Å²) in [6.07, 6.45) is 1.18. The Kier molecular flexibility index (Phi) is 4.39. The number of aryl methyl sites for hydroxylation is 1. The van der Waals surface area contributed by atoms with Crippen LogP contribution in [0.2, 0.25) is 0 Å². The van der Waals surface area contributed by atoms with Crippen LogP contribution in [-0.2, 0) is 22.6 Å².